The van der Waals surface area contributed by atoms with E-state index >= 15 is 0 Å². The Hall–Kier alpha value is -3.48. The van der Waals surface area contributed by atoms with Gasteiger partial charge in [-0.1, -0.05) is 24.3 Å². The number of furan rings is 1. The van der Waals surface area contributed by atoms with Gasteiger partial charge in [0, 0.05) is 5.39 Å². The molecule has 1 N–H and O–H groups in total. The standard InChI is InChI=1S/C22H23NO6/c1-14(19-12-16-6-4-5-7-17(16)29-19)23-21(24)13-28-22(25)11-15-8-9-18(26-2)20(10-15)27-3/h4-10,12,14H,11,13H2,1-3H3,(H,23,24)/t14-/m1/s1. The molecule has 29 heavy (non-hydrogen) atoms. The number of carbonyl (C=O) groups is 2. The smallest absolute Gasteiger partial charge is 0.310 e. The van der Waals surface area contributed by atoms with Crippen molar-refractivity contribution in [1.29, 1.82) is 0 Å². The summed E-state index contributed by atoms with van der Waals surface area (Å²) in [6.07, 6.45) is 0.0206. The first kappa shape index (κ1) is 20.3. The van der Waals surface area contributed by atoms with E-state index < -0.39 is 11.9 Å². The molecular formula is C22H23NO6. The van der Waals surface area contributed by atoms with Crippen LogP contribution in [0.5, 0.6) is 11.5 Å². The zero-order valence-corrected chi connectivity index (χ0v) is 16.6. The number of para-hydroxylation sites is 1. The average molecular weight is 397 g/mol. The Morgan fingerprint density at radius 1 is 1.03 bits per heavy atom. The van der Waals surface area contributed by atoms with Crippen molar-refractivity contribution in [2.45, 2.75) is 19.4 Å². The molecule has 0 aliphatic carbocycles. The summed E-state index contributed by atoms with van der Waals surface area (Å²) in [7, 11) is 3.06. The predicted octanol–water partition coefficient (Wildman–Crippen LogP) is 3.41. The summed E-state index contributed by atoms with van der Waals surface area (Å²) in [6.45, 7) is 1.44. The van der Waals surface area contributed by atoms with Gasteiger partial charge >= 0.3 is 5.97 Å². The highest BCUT2D eigenvalue weighted by atomic mass is 16.5. The fraction of sp³-hybridized carbons (Fsp3) is 0.273. The summed E-state index contributed by atoms with van der Waals surface area (Å²) in [5.41, 5.74) is 1.45. The normalized spacial score (nSPS) is 11.7. The molecule has 1 heterocycles. The molecule has 0 radical (unpaired) electrons. The molecule has 3 aromatic rings. The molecule has 0 bridgehead atoms. The minimum atomic E-state index is -0.510. The lowest BCUT2D eigenvalue weighted by atomic mass is 10.1. The second kappa shape index (κ2) is 9.14. The van der Waals surface area contributed by atoms with Gasteiger partial charge < -0.3 is 23.9 Å². The Bertz CT molecular complexity index is 976. The van der Waals surface area contributed by atoms with Gasteiger partial charge in [-0.25, -0.2) is 0 Å². The van der Waals surface area contributed by atoms with E-state index in [2.05, 4.69) is 5.32 Å². The van der Waals surface area contributed by atoms with Crippen LogP contribution in [0.2, 0.25) is 0 Å². The summed E-state index contributed by atoms with van der Waals surface area (Å²) in [6, 6.07) is 14.3. The van der Waals surface area contributed by atoms with E-state index in [0.29, 0.717) is 22.8 Å². The average Bonchev–Trinajstić information content (AvgIpc) is 3.16. The maximum atomic E-state index is 12.1. The maximum Gasteiger partial charge on any atom is 0.310 e. The van der Waals surface area contributed by atoms with Gasteiger partial charge in [-0.3, -0.25) is 9.59 Å². The quantitative estimate of drug-likeness (QED) is 0.586. The van der Waals surface area contributed by atoms with Crippen molar-refractivity contribution in [3.05, 3.63) is 59.9 Å². The lowest BCUT2D eigenvalue weighted by Crippen LogP contribution is -2.31. The van der Waals surface area contributed by atoms with Crippen LogP contribution in [0.4, 0.5) is 0 Å². The predicted molar refractivity (Wildman–Crippen MR) is 107 cm³/mol. The van der Waals surface area contributed by atoms with Crippen molar-refractivity contribution in [2.75, 3.05) is 20.8 Å². The molecule has 2 aromatic carbocycles. The van der Waals surface area contributed by atoms with Gasteiger partial charge in [0.05, 0.1) is 26.7 Å². The zero-order chi connectivity index (χ0) is 20.8. The van der Waals surface area contributed by atoms with E-state index in [9.17, 15) is 9.59 Å². The van der Waals surface area contributed by atoms with Crippen LogP contribution in [0.25, 0.3) is 11.0 Å². The third-order valence-corrected chi connectivity index (χ3v) is 4.41. The molecule has 1 amide bonds. The summed E-state index contributed by atoms with van der Waals surface area (Å²) in [5.74, 6) is 0.817. The van der Waals surface area contributed by atoms with Crippen molar-refractivity contribution >= 4 is 22.8 Å². The first-order valence-corrected chi connectivity index (χ1v) is 9.14. The molecule has 0 fully saturated rings. The number of nitrogens with one attached hydrogen (secondary N) is 1. The monoisotopic (exact) mass is 397 g/mol. The molecule has 152 valence electrons. The van der Waals surface area contributed by atoms with Crippen LogP contribution in [0, 0.1) is 0 Å². The number of ether oxygens (including phenoxy) is 3. The number of amides is 1. The first-order chi connectivity index (χ1) is 14.0. The fourth-order valence-corrected chi connectivity index (χ4v) is 2.92. The highest BCUT2D eigenvalue weighted by molar-refractivity contribution is 5.82. The van der Waals surface area contributed by atoms with Crippen LogP contribution in [-0.4, -0.2) is 32.7 Å². The Balaban J connectivity index is 1.50. The fourth-order valence-electron chi connectivity index (χ4n) is 2.92. The molecule has 7 nitrogen and oxygen atoms in total. The molecule has 0 saturated heterocycles. The topological polar surface area (TPSA) is 87.0 Å². The summed E-state index contributed by atoms with van der Waals surface area (Å²) in [5, 5.41) is 3.73. The highest BCUT2D eigenvalue weighted by Gasteiger charge is 2.16. The van der Waals surface area contributed by atoms with E-state index in [1.807, 2.05) is 30.3 Å². The van der Waals surface area contributed by atoms with E-state index in [4.69, 9.17) is 18.6 Å². The minimum absolute atomic E-state index is 0.0206. The second-order valence-electron chi connectivity index (χ2n) is 6.50. The molecule has 0 aliphatic rings. The van der Waals surface area contributed by atoms with E-state index in [1.54, 1.807) is 25.1 Å². The third kappa shape index (κ3) is 5.07. The molecule has 1 atom stereocenters. The molecule has 3 rings (SSSR count). The van der Waals surface area contributed by atoms with Gasteiger partial charge in [0.15, 0.2) is 18.1 Å². The van der Waals surface area contributed by atoms with Crippen molar-refractivity contribution in [3.8, 4) is 11.5 Å². The van der Waals surface area contributed by atoms with Gasteiger partial charge in [-0.05, 0) is 36.8 Å². The SMILES string of the molecule is COc1ccc(CC(=O)OCC(=O)N[C@H](C)c2cc3ccccc3o2)cc1OC. The number of esters is 1. The Labute approximate surface area is 168 Å². The number of benzene rings is 2. The molecule has 0 unspecified atom stereocenters. The molecule has 1 aromatic heterocycles. The number of fused-ring (bicyclic) bond motifs is 1. The number of methoxy groups -OCH3 is 2. The van der Waals surface area contributed by atoms with Crippen LogP contribution in [0.3, 0.4) is 0 Å². The van der Waals surface area contributed by atoms with E-state index in [0.717, 1.165) is 11.0 Å². The van der Waals surface area contributed by atoms with Crippen LogP contribution in [0.15, 0.2) is 52.9 Å². The summed E-state index contributed by atoms with van der Waals surface area (Å²) < 4.78 is 21.2. The number of hydrogen-bond acceptors (Lipinski definition) is 6. The van der Waals surface area contributed by atoms with Crippen LogP contribution < -0.4 is 14.8 Å². The largest absolute Gasteiger partial charge is 0.493 e. The van der Waals surface area contributed by atoms with Crippen molar-refractivity contribution in [1.82, 2.24) is 5.32 Å². The number of rotatable bonds is 8. The minimum Gasteiger partial charge on any atom is -0.493 e. The van der Waals surface area contributed by atoms with Crippen molar-refractivity contribution in [3.63, 3.8) is 0 Å². The lowest BCUT2D eigenvalue weighted by molar-refractivity contribution is -0.148. The second-order valence-corrected chi connectivity index (χ2v) is 6.50. The number of hydrogen-bond donors (Lipinski definition) is 1. The van der Waals surface area contributed by atoms with Gasteiger partial charge in [0.1, 0.15) is 11.3 Å². The van der Waals surface area contributed by atoms with Crippen LogP contribution >= 0.6 is 0 Å². The molecule has 0 saturated carbocycles. The molecular weight excluding hydrogens is 374 g/mol. The summed E-state index contributed by atoms with van der Waals surface area (Å²) in [4.78, 5) is 24.2. The van der Waals surface area contributed by atoms with E-state index in [1.165, 1.54) is 14.2 Å². The van der Waals surface area contributed by atoms with Crippen molar-refractivity contribution in [2.24, 2.45) is 0 Å². The van der Waals surface area contributed by atoms with Gasteiger partial charge in [-0.2, -0.15) is 0 Å². The molecule has 7 heteroatoms. The maximum absolute atomic E-state index is 12.1. The molecule has 0 aliphatic heterocycles. The zero-order valence-electron chi connectivity index (χ0n) is 16.6. The van der Waals surface area contributed by atoms with Gasteiger partial charge in [0.25, 0.3) is 5.91 Å². The first-order valence-electron chi connectivity index (χ1n) is 9.14. The third-order valence-electron chi connectivity index (χ3n) is 4.41. The Morgan fingerprint density at radius 2 is 1.79 bits per heavy atom. The van der Waals surface area contributed by atoms with Crippen LogP contribution in [0.1, 0.15) is 24.3 Å². The number of carbonyl (C=O) groups excluding carboxylic acids is 2. The van der Waals surface area contributed by atoms with Crippen LogP contribution in [-0.2, 0) is 20.7 Å². The summed E-state index contributed by atoms with van der Waals surface area (Å²) >= 11 is 0. The highest BCUT2D eigenvalue weighted by Crippen LogP contribution is 2.27. The van der Waals surface area contributed by atoms with E-state index in [-0.39, 0.29) is 19.1 Å². The lowest BCUT2D eigenvalue weighted by Gasteiger charge is -2.12. The van der Waals surface area contributed by atoms with Gasteiger partial charge in [0.2, 0.25) is 0 Å². The Morgan fingerprint density at radius 3 is 2.52 bits per heavy atom. The van der Waals surface area contributed by atoms with Crippen molar-refractivity contribution < 1.29 is 28.2 Å². The van der Waals surface area contributed by atoms with Gasteiger partial charge in [-0.15, -0.1) is 0 Å². The Kier molecular flexibility index (Phi) is 6.39. The molecule has 0 spiro atoms.